The molecule has 2 aromatic rings. The second-order valence-corrected chi connectivity index (χ2v) is 8.13. The number of hydrogen-bond donors (Lipinski definition) is 2. The van der Waals surface area contributed by atoms with Crippen molar-refractivity contribution in [3.05, 3.63) is 51.6 Å². The van der Waals surface area contributed by atoms with Crippen LogP contribution >= 0.6 is 0 Å². The fraction of sp³-hybridized carbons (Fsp3) is 0.391. The van der Waals surface area contributed by atoms with Crippen LogP contribution in [0.4, 0.5) is 10.1 Å². The number of carbonyl (C=O) groups is 1. The van der Waals surface area contributed by atoms with Gasteiger partial charge >= 0.3 is 5.97 Å². The average Bonchev–Trinajstić information content (AvgIpc) is 3.51. The van der Waals surface area contributed by atoms with E-state index >= 15 is 4.39 Å². The van der Waals surface area contributed by atoms with Gasteiger partial charge in [0.05, 0.1) is 22.2 Å². The number of hydrogen-bond acceptors (Lipinski definition) is 4. The molecule has 1 aliphatic heterocycles. The second-order valence-electron chi connectivity index (χ2n) is 8.13. The van der Waals surface area contributed by atoms with Crippen molar-refractivity contribution >= 4 is 22.6 Å². The molecule has 2 N–H and O–H groups in total. The lowest BCUT2D eigenvalue weighted by atomic mass is 10.0. The van der Waals surface area contributed by atoms with Gasteiger partial charge in [0.2, 0.25) is 5.43 Å². The molecular weight excluding hydrogens is 385 g/mol. The van der Waals surface area contributed by atoms with Gasteiger partial charge in [0.15, 0.2) is 0 Å². The number of nitrogens with zero attached hydrogens (tertiary/aromatic N) is 2. The molecule has 1 atom stereocenters. The summed E-state index contributed by atoms with van der Waals surface area (Å²) in [5.41, 5.74) is 0.867. The Kier molecular flexibility index (Phi) is 5.12. The number of halogens is 1. The molecule has 0 bridgehead atoms. The number of allylic oxidation sites excluding steroid dienone is 1. The quantitative estimate of drug-likeness (QED) is 0.763. The summed E-state index contributed by atoms with van der Waals surface area (Å²) in [4.78, 5) is 26.5. The van der Waals surface area contributed by atoms with Crippen molar-refractivity contribution in [3.63, 3.8) is 0 Å². The summed E-state index contributed by atoms with van der Waals surface area (Å²) in [5, 5.41) is 12.9. The van der Waals surface area contributed by atoms with Gasteiger partial charge in [-0.15, -0.1) is 0 Å². The van der Waals surface area contributed by atoms with Crippen LogP contribution < -0.4 is 15.6 Å². The minimum Gasteiger partial charge on any atom is -0.477 e. The Morgan fingerprint density at radius 1 is 1.40 bits per heavy atom. The maximum Gasteiger partial charge on any atom is 0.341 e. The fourth-order valence-corrected chi connectivity index (χ4v) is 4.00. The Labute approximate surface area is 174 Å². The van der Waals surface area contributed by atoms with E-state index < -0.39 is 17.2 Å². The van der Waals surface area contributed by atoms with Gasteiger partial charge < -0.3 is 19.9 Å². The van der Waals surface area contributed by atoms with E-state index in [0.29, 0.717) is 42.0 Å². The van der Waals surface area contributed by atoms with Gasteiger partial charge in [-0.2, -0.15) is 0 Å². The van der Waals surface area contributed by atoms with Crippen LogP contribution in [0.25, 0.3) is 10.9 Å². The molecule has 2 aliphatic rings. The molecule has 1 saturated carbocycles. The first kappa shape index (κ1) is 20.2. The molecule has 2 heterocycles. The van der Waals surface area contributed by atoms with E-state index in [1.165, 1.54) is 12.3 Å². The van der Waals surface area contributed by atoms with E-state index in [-0.39, 0.29) is 23.0 Å². The van der Waals surface area contributed by atoms with Gasteiger partial charge in [-0.3, -0.25) is 4.79 Å². The van der Waals surface area contributed by atoms with E-state index in [2.05, 4.69) is 23.7 Å². The minimum absolute atomic E-state index is 0.0530. The number of piperazine rings is 1. The topological polar surface area (TPSA) is 74.6 Å². The number of carboxylic acids is 1. The molecule has 156 valence electrons. The van der Waals surface area contributed by atoms with Crippen LogP contribution in [0, 0.1) is 17.7 Å². The molecule has 30 heavy (non-hydrogen) atoms. The van der Waals surface area contributed by atoms with Gasteiger partial charge in [0.1, 0.15) is 11.4 Å². The van der Waals surface area contributed by atoms with Crippen molar-refractivity contribution in [1.29, 1.82) is 0 Å². The van der Waals surface area contributed by atoms with Gasteiger partial charge in [0.25, 0.3) is 0 Å². The summed E-state index contributed by atoms with van der Waals surface area (Å²) < 4.78 is 17.2. The zero-order chi connectivity index (χ0) is 21.6. The number of benzene rings is 1. The largest absolute Gasteiger partial charge is 0.477 e. The number of carboxylic acid groups (broad SMARTS) is 1. The van der Waals surface area contributed by atoms with Crippen molar-refractivity contribution < 1.29 is 14.3 Å². The summed E-state index contributed by atoms with van der Waals surface area (Å²) in [6.45, 7) is 9.52. The lowest BCUT2D eigenvalue weighted by Gasteiger charge is -2.35. The number of aromatic nitrogens is 1. The molecule has 0 radical (unpaired) electrons. The third kappa shape index (κ3) is 3.59. The van der Waals surface area contributed by atoms with Gasteiger partial charge in [0, 0.05) is 37.9 Å². The maximum atomic E-state index is 15.4. The molecule has 1 aromatic carbocycles. The van der Waals surface area contributed by atoms with Crippen LogP contribution in [0.5, 0.6) is 0 Å². The number of pyridine rings is 1. The Hall–Kier alpha value is -3.11. The first-order valence-corrected chi connectivity index (χ1v) is 10.1. The Morgan fingerprint density at radius 3 is 2.73 bits per heavy atom. The first-order valence-electron chi connectivity index (χ1n) is 10.1. The van der Waals surface area contributed by atoms with Crippen LogP contribution in [0.1, 0.15) is 48.7 Å². The summed E-state index contributed by atoms with van der Waals surface area (Å²) in [6.07, 6.45) is 3.14. The minimum atomic E-state index is -1.31. The summed E-state index contributed by atoms with van der Waals surface area (Å²) >= 11 is 0. The van der Waals surface area contributed by atoms with Crippen LogP contribution in [-0.2, 0) is 0 Å². The molecule has 4 rings (SSSR count). The third-order valence-electron chi connectivity index (χ3n) is 5.50. The zero-order valence-electron chi connectivity index (χ0n) is 17.1. The predicted molar refractivity (Wildman–Crippen MR) is 115 cm³/mol. The number of nitrogens with one attached hydrogen (secondary N) is 1. The highest BCUT2D eigenvalue weighted by molar-refractivity contribution is 5.97. The van der Waals surface area contributed by atoms with Crippen molar-refractivity contribution in [1.82, 2.24) is 9.88 Å². The smallest absolute Gasteiger partial charge is 0.341 e. The van der Waals surface area contributed by atoms with Crippen LogP contribution in [0.3, 0.4) is 0 Å². The van der Waals surface area contributed by atoms with Gasteiger partial charge in [-0.1, -0.05) is 18.4 Å². The fourth-order valence-electron chi connectivity index (χ4n) is 4.00. The maximum absolute atomic E-state index is 15.4. The molecule has 1 aromatic heterocycles. The van der Waals surface area contributed by atoms with Crippen LogP contribution in [-0.4, -0.2) is 41.3 Å². The molecule has 0 amide bonds. The van der Waals surface area contributed by atoms with E-state index in [0.717, 1.165) is 12.8 Å². The molecule has 7 heteroatoms. The molecule has 6 nitrogen and oxygen atoms in total. The highest BCUT2D eigenvalue weighted by Gasteiger charge is 2.31. The van der Waals surface area contributed by atoms with Gasteiger partial charge in [-0.25, -0.2) is 9.18 Å². The summed E-state index contributed by atoms with van der Waals surface area (Å²) in [5.74, 6) is 4.10. The van der Waals surface area contributed by atoms with Crippen molar-refractivity contribution in [2.75, 3.05) is 24.5 Å². The van der Waals surface area contributed by atoms with Crippen molar-refractivity contribution in [2.45, 2.75) is 38.8 Å². The summed E-state index contributed by atoms with van der Waals surface area (Å²) in [7, 11) is 0. The van der Waals surface area contributed by atoms with Crippen LogP contribution in [0.15, 0.2) is 29.2 Å². The normalized spacial score (nSPS) is 18.8. The highest BCUT2D eigenvalue weighted by atomic mass is 19.1. The molecule has 1 saturated heterocycles. The summed E-state index contributed by atoms with van der Waals surface area (Å²) in [6, 6.07) is 1.43. The Balaban J connectivity index is 2.10. The Bertz CT molecular complexity index is 1180. The molecular formula is C23H24FN3O3. The first-order chi connectivity index (χ1) is 14.3. The standard InChI is InChI=1S/C23H24FN3O3/c1-13(2)4-7-16-20-17(10-19(24)21(16)26-9-8-25-14(3)11-26)22(28)18(23(29)30)12-27(20)15-5-6-15/h10,12,14-15,25H,1,5-6,8-9,11H2,2-3H3,(H,29,30). The van der Waals surface area contributed by atoms with Gasteiger partial charge in [-0.05, 0) is 38.3 Å². The van der Waals surface area contributed by atoms with Crippen molar-refractivity contribution in [3.8, 4) is 11.8 Å². The monoisotopic (exact) mass is 409 g/mol. The van der Waals surface area contributed by atoms with Crippen molar-refractivity contribution in [2.24, 2.45) is 0 Å². The number of rotatable bonds is 3. The molecule has 0 spiro atoms. The third-order valence-corrected chi connectivity index (χ3v) is 5.50. The number of aromatic carboxylic acids is 1. The lowest BCUT2D eigenvalue weighted by molar-refractivity contribution is 0.0695. The molecule has 1 aliphatic carbocycles. The number of fused-ring (bicyclic) bond motifs is 1. The Morgan fingerprint density at radius 2 is 2.13 bits per heavy atom. The van der Waals surface area contributed by atoms with E-state index in [1.54, 1.807) is 11.5 Å². The second kappa shape index (κ2) is 7.62. The van der Waals surface area contributed by atoms with E-state index in [9.17, 15) is 14.7 Å². The average molecular weight is 409 g/mol. The SMILES string of the molecule is C=C(C)C#Cc1c(N2CCNC(C)C2)c(F)cc2c(=O)c(C(=O)O)cn(C3CC3)c12. The van der Waals surface area contributed by atoms with E-state index in [4.69, 9.17) is 0 Å². The lowest BCUT2D eigenvalue weighted by Crippen LogP contribution is -2.49. The molecule has 1 unspecified atom stereocenters. The highest BCUT2D eigenvalue weighted by Crippen LogP contribution is 2.40. The predicted octanol–water partition coefficient (Wildman–Crippen LogP) is 2.90. The molecule has 2 fully saturated rings. The zero-order valence-corrected chi connectivity index (χ0v) is 17.1. The van der Waals surface area contributed by atoms with E-state index in [1.807, 2.05) is 11.8 Å². The number of anilines is 1. The van der Waals surface area contributed by atoms with Crippen LogP contribution in [0.2, 0.25) is 0 Å².